The molecule has 1 aliphatic rings. The molecule has 1 saturated heterocycles. The van der Waals surface area contributed by atoms with Crippen LogP contribution in [0, 0.1) is 0 Å². The Labute approximate surface area is 194 Å². The van der Waals surface area contributed by atoms with Gasteiger partial charge in [0.2, 0.25) is 10.0 Å². The summed E-state index contributed by atoms with van der Waals surface area (Å²) in [6.45, 7) is 1.96. The molecule has 0 saturated carbocycles. The van der Waals surface area contributed by atoms with E-state index in [1.165, 1.54) is 0 Å². The summed E-state index contributed by atoms with van der Waals surface area (Å²) in [5.41, 5.74) is 3.90. The van der Waals surface area contributed by atoms with Crippen LogP contribution in [0.15, 0.2) is 102 Å². The first-order chi connectivity index (χ1) is 16.1. The normalized spacial score (nSPS) is 14.8. The Hall–Kier alpha value is -3.55. The second-order valence-corrected chi connectivity index (χ2v) is 9.86. The minimum atomic E-state index is -3.54. The fourth-order valence-corrected chi connectivity index (χ4v) is 5.44. The zero-order valence-corrected chi connectivity index (χ0v) is 18.9. The molecule has 3 aromatic carbocycles. The molecular formula is C26H24N4O2S. The van der Waals surface area contributed by atoms with Crippen LogP contribution < -0.4 is 4.90 Å². The highest BCUT2D eigenvalue weighted by atomic mass is 32.2. The first-order valence-electron chi connectivity index (χ1n) is 10.9. The standard InChI is InChI=1S/C26H24N4O2S/c31-33(32,24-13-11-22(12-14-24)21-7-3-1-4-8-21)30-19-17-29(18-20-30)26-16-15-25(27-28-26)23-9-5-2-6-10-23/h1-16H,17-20H2. The molecule has 1 fully saturated rings. The molecule has 1 aliphatic heterocycles. The molecular weight excluding hydrogens is 432 g/mol. The van der Waals surface area contributed by atoms with Gasteiger partial charge in [-0.2, -0.15) is 4.31 Å². The van der Waals surface area contributed by atoms with E-state index in [4.69, 9.17) is 0 Å². The summed E-state index contributed by atoms with van der Waals surface area (Å²) < 4.78 is 27.9. The van der Waals surface area contributed by atoms with E-state index in [1.54, 1.807) is 16.4 Å². The van der Waals surface area contributed by atoms with Crippen molar-refractivity contribution < 1.29 is 8.42 Å². The predicted octanol–water partition coefficient (Wildman–Crippen LogP) is 4.32. The van der Waals surface area contributed by atoms with E-state index in [-0.39, 0.29) is 0 Å². The molecule has 0 aliphatic carbocycles. The number of piperazine rings is 1. The summed E-state index contributed by atoms with van der Waals surface area (Å²) >= 11 is 0. The number of hydrogen-bond donors (Lipinski definition) is 0. The first-order valence-corrected chi connectivity index (χ1v) is 12.3. The Bertz CT molecular complexity index is 1300. The number of hydrogen-bond acceptors (Lipinski definition) is 5. The second-order valence-electron chi connectivity index (χ2n) is 7.92. The molecule has 0 unspecified atom stereocenters. The van der Waals surface area contributed by atoms with Crippen LogP contribution in [-0.4, -0.2) is 49.1 Å². The summed E-state index contributed by atoms with van der Waals surface area (Å²) in [6, 6.07) is 30.9. The maximum Gasteiger partial charge on any atom is 0.243 e. The Morgan fingerprint density at radius 2 is 1.15 bits per heavy atom. The molecule has 0 atom stereocenters. The van der Waals surface area contributed by atoms with Crippen molar-refractivity contribution in [3.8, 4) is 22.4 Å². The molecule has 0 bridgehead atoms. The lowest BCUT2D eigenvalue weighted by atomic mass is 10.1. The highest BCUT2D eigenvalue weighted by molar-refractivity contribution is 7.89. The summed E-state index contributed by atoms with van der Waals surface area (Å²) in [6.07, 6.45) is 0. The van der Waals surface area contributed by atoms with Gasteiger partial charge in [0.05, 0.1) is 10.6 Å². The maximum atomic E-state index is 13.2. The van der Waals surface area contributed by atoms with Crippen molar-refractivity contribution in [3.63, 3.8) is 0 Å². The van der Waals surface area contributed by atoms with E-state index in [1.807, 2.05) is 84.9 Å². The van der Waals surface area contributed by atoms with Gasteiger partial charge in [-0.05, 0) is 35.4 Å². The van der Waals surface area contributed by atoms with E-state index in [0.29, 0.717) is 31.1 Å². The number of anilines is 1. The van der Waals surface area contributed by atoms with Gasteiger partial charge in [-0.25, -0.2) is 8.42 Å². The molecule has 0 spiro atoms. The minimum absolute atomic E-state index is 0.322. The Morgan fingerprint density at radius 3 is 1.73 bits per heavy atom. The molecule has 7 heteroatoms. The summed E-state index contributed by atoms with van der Waals surface area (Å²) in [4.78, 5) is 2.40. The Morgan fingerprint density at radius 1 is 0.576 bits per heavy atom. The van der Waals surface area contributed by atoms with Gasteiger partial charge in [-0.1, -0.05) is 72.8 Å². The van der Waals surface area contributed by atoms with Crippen molar-refractivity contribution in [2.45, 2.75) is 4.90 Å². The van der Waals surface area contributed by atoms with Gasteiger partial charge >= 0.3 is 0 Å². The van der Waals surface area contributed by atoms with Crippen molar-refractivity contribution in [2.75, 3.05) is 31.1 Å². The third kappa shape index (κ3) is 4.51. The van der Waals surface area contributed by atoms with E-state index in [2.05, 4.69) is 15.1 Å². The molecule has 6 nitrogen and oxygen atoms in total. The summed E-state index contributed by atoms with van der Waals surface area (Å²) in [5.74, 6) is 0.763. The van der Waals surface area contributed by atoms with Crippen molar-refractivity contribution in [1.82, 2.24) is 14.5 Å². The predicted molar refractivity (Wildman–Crippen MR) is 130 cm³/mol. The lowest BCUT2D eigenvalue weighted by molar-refractivity contribution is 0.383. The van der Waals surface area contributed by atoms with Gasteiger partial charge in [0, 0.05) is 31.7 Å². The van der Waals surface area contributed by atoms with Crippen LogP contribution in [0.4, 0.5) is 5.82 Å². The highest BCUT2D eigenvalue weighted by Gasteiger charge is 2.29. The van der Waals surface area contributed by atoms with E-state index in [9.17, 15) is 8.42 Å². The third-order valence-corrected chi connectivity index (χ3v) is 7.79. The average Bonchev–Trinajstić information content (AvgIpc) is 2.90. The SMILES string of the molecule is O=S(=O)(c1ccc(-c2ccccc2)cc1)N1CCN(c2ccc(-c3ccccc3)nn2)CC1. The van der Waals surface area contributed by atoms with Crippen molar-refractivity contribution in [1.29, 1.82) is 0 Å². The lowest BCUT2D eigenvalue weighted by Gasteiger charge is -2.34. The van der Waals surface area contributed by atoms with Gasteiger partial charge in [0.25, 0.3) is 0 Å². The fourth-order valence-electron chi connectivity index (χ4n) is 4.01. The monoisotopic (exact) mass is 456 g/mol. The van der Waals surface area contributed by atoms with Crippen LogP contribution in [-0.2, 0) is 10.0 Å². The molecule has 1 aromatic heterocycles. The molecule has 0 radical (unpaired) electrons. The van der Waals surface area contributed by atoms with Crippen LogP contribution in [0.3, 0.4) is 0 Å². The second kappa shape index (κ2) is 9.13. The third-order valence-electron chi connectivity index (χ3n) is 5.88. The number of sulfonamides is 1. The number of benzene rings is 3. The van der Waals surface area contributed by atoms with Crippen molar-refractivity contribution >= 4 is 15.8 Å². The van der Waals surface area contributed by atoms with Gasteiger partial charge in [-0.3, -0.25) is 0 Å². The number of aromatic nitrogens is 2. The zero-order chi connectivity index (χ0) is 22.7. The largest absolute Gasteiger partial charge is 0.352 e. The number of nitrogens with zero attached hydrogens (tertiary/aromatic N) is 4. The van der Waals surface area contributed by atoms with Crippen LogP contribution in [0.1, 0.15) is 0 Å². The van der Waals surface area contributed by atoms with Crippen LogP contribution in [0.25, 0.3) is 22.4 Å². The quantitative estimate of drug-likeness (QED) is 0.447. The molecule has 0 N–H and O–H groups in total. The molecule has 2 heterocycles. The zero-order valence-electron chi connectivity index (χ0n) is 18.1. The van der Waals surface area contributed by atoms with E-state index < -0.39 is 10.0 Å². The summed E-state index contributed by atoms with van der Waals surface area (Å²) in [7, 11) is -3.54. The summed E-state index contributed by atoms with van der Waals surface area (Å²) in [5, 5.41) is 8.72. The maximum absolute atomic E-state index is 13.2. The van der Waals surface area contributed by atoms with E-state index >= 15 is 0 Å². The first kappa shape index (κ1) is 21.3. The Kier molecular flexibility index (Phi) is 5.90. The molecule has 5 rings (SSSR count). The van der Waals surface area contributed by atoms with Crippen molar-refractivity contribution in [3.05, 3.63) is 97.1 Å². The van der Waals surface area contributed by atoms with Gasteiger partial charge in [-0.15, -0.1) is 10.2 Å². The van der Waals surface area contributed by atoms with E-state index in [0.717, 1.165) is 28.2 Å². The lowest BCUT2D eigenvalue weighted by Crippen LogP contribution is -2.48. The topological polar surface area (TPSA) is 66.4 Å². The van der Waals surface area contributed by atoms with Gasteiger partial charge in [0.15, 0.2) is 5.82 Å². The highest BCUT2D eigenvalue weighted by Crippen LogP contribution is 2.25. The van der Waals surface area contributed by atoms with Crippen molar-refractivity contribution in [2.24, 2.45) is 0 Å². The smallest absolute Gasteiger partial charge is 0.243 e. The number of rotatable bonds is 5. The molecule has 0 amide bonds. The van der Waals surface area contributed by atoms with Crippen LogP contribution >= 0.6 is 0 Å². The van der Waals surface area contributed by atoms with Gasteiger partial charge in [0.1, 0.15) is 0 Å². The molecule has 33 heavy (non-hydrogen) atoms. The van der Waals surface area contributed by atoms with Crippen LogP contribution in [0.5, 0.6) is 0 Å². The van der Waals surface area contributed by atoms with Gasteiger partial charge < -0.3 is 4.90 Å². The minimum Gasteiger partial charge on any atom is -0.352 e. The Balaban J connectivity index is 1.25. The molecule has 4 aromatic rings. The molecule has 166 valence electrons. The average molecular weight is 457 g/mol. The fraction of sp³-hybridized carbons (Fsp3) is 0.154. The van der Waals surface area contributed by atoms with Crippen LogP contribution in [0.2, 0.25) is 0 Å².